The molecule has 0 aliphatic carbocycles. The lowest BCUT2D eigenvalue weighted by Crippen LogP contribution is -2.03. The molecule has 0 saturated carbocycles. The Balaban J connectivity index is 1.41. The molecular weight excluding hydrogens is 342 g/mol. The molecule has 4 aromatic rings. The maximum atomic E-state index is 4.64. The molecule has 4 rings (SSSR count). The second-order valence-electron chi connectivity index (χ2n) is 5.91. The van der Waals surface area contributed by atoms with Crippen LogP contribution in [0.2, 0.25) is 0 Å². The van der Waals surface area contributed by atoms with Gasteiger partial charge >= 0.3 is 0 Å². The zero-order chi connectivity index (χ0) is 17.8. The quantitative estimate of drug-likeness (QED) is 0.565. The summed E-state index contributed by atoms with van der Waals surface area (Å²) in [5.74, 6) is 0.733. The van der Waals surface area contributed by atoms with Gasteiger partial charge in [0.05, 0.1) is 17.9 Å². The highest BCUT2D eigenvalue weighted by molar-refractivity contribution is 7.13. The van der Waals surface area contributed by atoms with Gasteiger partial charge in [-0.1, -0.05) is 29.8 Å². The number of nitrogens with one attached hydrogen (secondary N) is 1. The van der Waals surface area contributed by atoms with Crippen molar-refractivity contribution in [1.82, 2.24) is 20.2 Å². The van der Waals surface area contributed by atoms with Crippen molar-refractivity contribution < 1.29 is 0 Å². The molecule has 26 heavy (non-hydrogen) atoms. The first-order chi connectivity index (χ1) is 12.8. The van der Waals surface area contributed by atoms with E-state index in [2.05, 4.69) is 56.7 Å². The largest absolute Gasteiger partial charge is 0.363 e. The van der Waals surface area contributed by atoms with Gasteiger partial charge in [0.15, 0.2) is 0 Å². The Kier molecular flexibility index (Phi) is 4.66. The number of thiazole rings is 1. The molecule has 6 heteroatoms. The van der Waals surface area contributed by atoms with Crippen LogP contribution in [-0.4, -0.2) is 20.2 Å². The molecular formula is C20H17N5S. The third-order valence-corrected chi connectivity index (χ3v) is 4.86. The van der Waals surface area contributed by atoms with Gasteiger partial charge in [-0.25, -0.2) is 4.98 Å². The number of anilines is 1. The number of aromatic nitrogens is 4. The summed E-state index contributed by atoms with van der Waals surface area (Å²) < 4.78 is 0. The number of rotatable bonds is 5. The summed E-state index contributed by atoms with van der Waals surface area (Å²) in [6.07, 6.45) is 3.59. The minimum atomic E-state index is 0.606. The summed E-state index contributed by atoms with van der Waals surface area (Å²) in [5, 5.41) is 14.8. The van der Waals surface area contributed by atoms with E-state index in [4.69, 9.17) is 0 Å². The van der Waals surface area contributed by atoms with Crippen LogP contribution < -0.4 is 5.32 Å². The fraction of sp³-hybridized carbons (Fsp3) is 0.100. The van der Waals surface area contributed by atoms with Crippen molar-refractivity contribution in [2.45, 2.75) is 13.5 Å². The molecule has 0 saturated heterocycles. The number of pyridine rings is 1. The van der Waals surface area contributed by atoms with Gasteiger partial charge in [-0.2, -0.15) is 0 Å². The van der Waals surface area contributed by atoms with Crippen LogP contribution >= 0.6 is 11.3 Å². The minimum Gasteiger partial charge on any atom is -0.363 e. The summed E-state index contributed by atoms with van der Waals surface area (Å²) in [6, 6.07) is 16.1. The van der Waals surface area contributed by atoms with E-state index < -0.39 is 0 Å². The zero-order valence-corrected chi connectivity index (χ0v) is 15.1. The smallest absolute Gasteiger partial charge is 0.149 e. The predicted molar refractivity (Wildman–Crippen MR) is 105 cm³/mol. The molecule has 0 amide bonds. The third-order valence-electron chi connectivity index (χ3n) is 3.92. The third kappa shape index (κ3) is 3.75. The molecule has 128 valence electrons. The highest BCUT2D eigenvalue weighted by Gasteiger charge is 2.06. The molecule has 1 aromatic carbocycles. The Bertz CT molecular complexity index is 979. The molecule has 3 aromatic heterocycles. The van der Waals surface area contributed by atoms with Crippen LogP contribution in [0.3, 0.4) is 0 Å². The first kappa shape index (κ1) is 16.4. The van der Waals surface area contributed by atoms with Gasteiger partial charge in [-0.3, -0.25) is 4.98 Å². The van der Waals surface area contributed by atoms with E-state index in [9.17, 15) is 0 Å². The molecule has 0 spiro atoms. The van der Waals surface area contributed by atoms with E-state index in [1.54, 1.807) is 17.5 Å². The van der Waals surface area contributed by atoms with Crippen molar-refractivity contribution in [2.75, 3.05) is 5.32 Å². The summed E-state index contributed by atoms with van der Waals surface area (Å²) in [5.41, 5.74) is 5.16. The van der Waals surface area contributed by atoms with E-state index in [1.165, 1.54) is 5.56 Å². The van der Waals surface area contributed by atoms with Crippen LogP contribution in [0.1, 0.15) is 11.3 Å². The first-order valence-corrected chi connectivity index (χ1v) is 9.15. The number of nitrogens with zero attached hydrogens (tertiary/aromatic N) is 4. The molecule has 5 nitrogen and oxygen atoms in total. The highest BCUT2D eigenvalue weighted by Crippen LogP contribution is 2.23. The zero-order valence-electron chi connectivity index (χ0n) is 14.3. The summed E-state index contributed by atoms with van der Waals surface area (Å²) in [7, 11) is 0. The molecule has 0 fully saturated rings. The number of benzene rings is 1. The van der Waals surface area contributed by atoms with Gasteiger partial charge < -0.3 is 5.32 Å². The van der Waals surface area contributed by atoms with E-state index >= 15 is 0 Å². The van der Waals surface area contributed by atoms with Crippen molar-refractivity contribution >= 4 is 17.2 Å². The van der Waals surface area contributed by atoms with Crippen LogP contribution in [-0.2, 0) is 6.54 Å². The Labute approximate surface area is 155 Å². The predicted octanol–water partition coefficient (Wildman–Crippen LogP) is 4.58. The van der Waals surface area contributed by atoms with Crippen LogP contribution in [0.4, 0.5) is 5.82 Å². The van der Waals surface area contributed by atoms with Crippen LogP contribution in [0.5, 0.6) is 0 Å². The lowest BCUT2D eigenvalue weighted by atomic mass is 10.1. The molecule has 0 aliphatic heterocycles. The van der Waals surface area contributed by atoms with Gasteiger partial charge in [-0.05, 0) is 31.2 Å². The molecule has 1 N–H and O–H groups in total. The number of aryl methyl sites for hydroxylation is 1. The topological polar surface area (TPSA) is 63.6 Å². The van der Waals surface area contributed by atoms with E-state index in [0.29, 0.717) is 6.54 Å². The average molecular weight is 359 g/mol. The van der Waals surface area contributed by atoms with Crippen LogP contribution in [0, 0.1) is 6.92 Å². The van der Waals surface area contributed by atoms with Gasteiger partial charge in [0.25, 0.3) is 0 Å². The SMILES string of the molecule is Cc1ccc(-c2ccc(NCc3csc(-c4cccnc4)n3)nn2)cc1. The Morgan fingerprint density at radius 2 is 1.85 bits per heavy atom. The minimum absolute atomic E-state index is 0.606. The highest BCUT2D eigenvalue weighted by atomic mass is 32.1. The second-order valence-corrected chi connectivity index (χ2v) is 6.77. The van der Waals surface area contributed by atoms with E-state index in [1.807, 2.05) is 35.8 Å². The molecule has 0 aliphatic rings. The molecule has 0 unspecified atom stereocenters. The van der Waals surface area contributed by atoms with Gasteiger partial charge in [-0.15, -0.1) is 21.5 Å². The lowest BCUT2D eigenvalue weighted by Gasteiger charge is -2.04. The van der Waals surface area contributed by atoms with Crippen molar-refractivity contribution in [3.05, 3.63) is 77.6 Å². The number of hydrogen-bond donors (Lipinski definition) is 1. The van der Waals surface area contributed by atoms with Crippen molar-refractivity contribution in [1.29, 1.82) is 0 Å². The summed E-state index contributed by atoms with van der Waals surface area (Å²) in [4.78, 5) is 8.77. The van der Waals surface area contributed by atoms with Gasteiger partial charge in [0.2, 0.25) is 0 Å². The Hall–Kier alpha value is -3.12. The van der Waals surface area contributed by atoms with Gasteiger partial charge in [0, 0.05) is 28.9 Å². The molecule has 3 heterocycles. The Morgan fingerprint density at radius 3 is 2.58 bits per heavy atom. The van der Waals surface area contributed by atoms with Gasteiger partial charge in [0.1, 0.15) is 10.8 Å². The van der Waals surface area contributed by atoms with E-state index in [-0.39, 0.29) is 0 Å². The molecule has 0 atom stereocenters. The number of hydrogen-bond acceptors (Lipinski definition) is 6. The van der Waals surface area contributed by atoms with Crippen molar-refractivity contribution in [3.63, 3.8) is 0 Å². The maximum absolute atomic E-state index is 4.64. The molecule has 0 radical (unpaired) electrons. The monoisotopic (exact) mass is 359 g/mol. The maximum Gasteiger partial charge on any atom is 0.149 e. The standard InChI is InChI=1S/C20H17N5S/c1-14-4-6-15(7-5-14)18-8-9-19(25-24-18)22-12-17-13-26-20(23-17)16-3-2-10-21-11-16/h2-11,13H,12H2,1H3,(H,22,25). The van der Waals surface area contributed by atoms with E-state index in [0.717, 1.165) is 33.3 Å². The lowest BCUT2D eigenvalue weighted by molar-refractivity contribution is 0.990. The normalized spacial score (nSPS) is 10.7. The van der Waals surface area contributed by atoms with Crippen LogP contribution in [0.25, 0.3) is 21.8 Å². The fourth-order valence-electron chi connectivity index (χ4n) is 2.50. The second kappa shape index (κ2) is 7.41. The fourth-order valence-corrected chi connectivity index (χ4v) is 3.31. The Morgan fingerprint density at radius 1 is 0.962 bits per heavy atom. The summed E-state index contributed by atoms with van der Waals surface area (Å²) >= 11 is 1.61. The summed E-state index contributed by atoms with van der Waals surface area (Å²) in [6.45, 7) is 2.68. The van der Waals surface area contributed by atoms with Crippen molar-refractivity contribution in [2.24, 2.45) is 0 Å². The first-order valence-electron chi connectivity index (χ1n) is 8.27. The van der Waals surface area contributed by atoms with Crippen LogP contribution in [0.15, 0.2) is 66.3 Å². The van der Waals surface area contributed by atoms with Crippen molar-refractivity contribution in [3.8, 4) is 21.8 Å². The molecule has 0 bridgehead atoms. The average Bonchev–Trinajstić information content (AvgIpc) is 3.17.